The van der Waals surface area contributed by atoms with Crippen molar-refractivity contribution in [2.24, 2.45) is 7.05 Å². The molecule has 0 fully saturated rings. The van der Waals surface area contributed by atoms with Crippen molar-refractivity contribution >= 4 is 0 Å². The van der Waals surface area contributed by atoms with Gasteiger partial charge in [0.2, 0.25) is 0 Å². The summed E-state index contributed by atoms with van der Waals surface area (Å²) in [6, 6.07) is 5.12. The number of benzene rings is 1. The Morgan fingerprint density at radius 3 is 2.16 bits per heavy atom. The van der Waals surface area contributed by atoms with Crippen LogP contribution in [0.15, 0.2) is 24.3 Å². The molecule has 0 aliphatic rings. The molecule has 0 amide bonds. The van der Waals surface area contributed by atoms with Crippen molar-refractivity contribution in [1.82, 2.24) is 9.78 Å². The molecule has 0 unspecified atom stereocenters. The van der Waals surface area contributed by atoms with Crippen molar-refractivity contribution in [2.75, 3.05) is 0 Å². The van der Waals surface area contributed by atoms with Crippen LogP contribution in [-0.2, 0) is 19.6 Å². The van der Waals surface area contributed by atoms with Gasteiger partial charge in [-0.25, -0.2) is 0 Å². The molecule has 0 saturated carbocycles. The average Bonchev–Trinajstić information content (AvgIpc) is 2.63. The summed E-state index contributed by atoms with van der Waals surface area (Å²) in [6.07, 6.45) is -3.46. The van der Waals surface area contributed by atoms with Crippen LogP contribution in [0.5, 0.6) is 0 Å². The fourth-order valence-electron chi connectivity index (χ4n) is 2.25. The Kier molecular flexibility index (Phi) is 3.39. The number of hydrogen-bond donors (Lipinski definition) is 0. The summed E-state index contributed by atoms with van der Waals surface area (Å²) in [7, 11) is 1.85. The number of rotatable bonds is 2. The van der Waals surface area contributed by atoms with Gasteiger partial charge >= 0.3 is 6.18 Å². The molecule has 0 aliphatic heterocycles. The molecular formula is C14H15F3N2. The van der Waals surface area contributed by atoms with Crippen LogP contribution in [0.1, 0.15) is 23.7 Å². The van der Waals surface area contributed by atoms with Crippen LogP contribution in [0.4, 0.5) is 13.2 Å². The fraction of sp³-hybridized carbons (Fsp3) is 0.357. The molecule has 1 heterocycles. The van der Waals surface area contributed by atoms with E-state index < -0.39 is 11.7 Å². The molecule has 0 saturated heterocycles. The summed E-state index contributed by atoms with van der Waals surface area (Å²) >= 11 is 0. The minimum Gasteiger partial charge on any atom is -0.272 e. The van der Waals surface area contributed by atoms with Crippen LogP contribution in [0, 0.1) is 6.92 Å². The summed E-state index contributed by atoms with van der Waals surface area (Å²) in [5, 5.41) is 4.38. The van der Waals surface area contributed by atoms with Gasteiger partial charge in [0.25, 0.3) is 0 Å². The molecule has 2 nitrogen and oxygen atoms in total. The molecule has 19 heavy (non-hydrogen) atoms. The average molecular weight is 268 g/mol. The molecule has 5 heteroatoms. The third kappa shape index (κ3) is 2.50. The van der Waals surface area contributed by atoms with E-state index in [4.69, 9.17) is 0 Å². The second-order valence-corrected chi connectivity index (χ2v) is 4.47. The third-order valence-corrected chi connectivity index (χ3v) is 3.25. The summed E-state index contributed by atoms with van der Waals surface area (Å²) in [5.74, 6) is 0. The minimum atomic E-state index is -4.30. The highest BCUT2D eigenvalue weighted by atomic mass is 19.4. The number of aryl methyl sites for hydroxylation is 1. The summed E-state index contributed by atoms with van der Waals surface area (Å²) < 4.78 is 39.3. The van der Waals surface area contributed by atoms with E-state index in [1.807, 2.05) is 20.9 Å². The molecule has 2 aromatic rings. The van der Waals surface area contributed by atoms with Gasteiger partial charge in [-0.3, -0.25) is 4.68 Å². The first kappa shape index (κ1) is 13.6. The van der Waals surface area contributed by atoms with E-state index >= 15 is 0 Å². The van der Waals surface area contributed by atoms with E-state index in [-0.39, 0.29) is 0 Å². The van der Waals surface area contributed by atoms with Gasteiger partial charge < -0.3 is 0 Å². The largest absolute Gasteiger partial charge is 0.416 e. The van der Waals surface area contributed by atoms with Gasteiger partial charge in [-0.05, 0) is 31.0 Å². The lowest BCUT2D eigenvalue weighted by Crippen LogP contribution is -2.04. The van der Waals surface area contributed by atoms with E-state index in [2.05, 4.69) is 5.10 Å². The van der Waals surface area contributed by atoms with Crippen molar-refractivity contribution in [3.05, 3.63) is 41.1 Å². The first-order valence-electron chi connectivity index (χ1n) is 6.04. The standard InChI is InChI=1S/C14H15F3N2/c1-4-12-9(2)13(18-19(12)3)10-5-7-11(8-6-10)14(15,16)17/h5-8H,4H2,1-3H3. The van der Waals surface area contributed by atoms with Gasteiger partial charge in [-0.2, -0.15) is 18.3 Å². The molecule has 0 N–H and O–H groups in total. The highest BCUT2D eigenvalue weighted by Gasteiger charge is 2.30. The first-order valence-corrected chi connectivity index (χ1v) is 6.04. The summed E-state index contributed by atoms with van der Waals surface area (Å²) in [5.41, 5.74) is 2.93. The molecule has 0 aliphatic carbocycles. The fourth-order valence-corrected chi connectivity index (χ4v) is 2.25. The normalized spacial score (nSPS) is 11.9. The molecule has 102 valence electrons. The van der Waals surface area contributed by atoms with Crippen molar-refractivity contribution in [3.8, 4) is 11.3 Å². The van der Waals surface area contributed by atoms with Crippen LogP contribution in [0.2, 0.25) is 0 Å². The lowest BCUT2D eigenvalue weighted by molar-refractivity contribution is -0.137. The second kappa shape index (κ2) is 4.72. The Hall–Kier alpha value is -1.78. The molecule has 0 spiro atoms. The lowest BCUT2D eigenvalue weighted by atomic mass is 10.0. The van der Waals surface area contributed by atoms with Crippen LogP contribution in [0.3, 0.4) is 0 Å². The van der Waals surface area contributed by atoms with E-state index in [1.54, 1.807) is 4.68 Å². The van der Waals surface area contributed by atoms with Gasteiger partial charge in [0, 0.05) is 18.3 Å². The zero-order valence-corrected chi connectivity index (χ0v) is 11.0. The lowest BCUT2D eigenvalue weighted by Gasteiger charge is -2.07. The highest BCUT2D eigenvalue weighted by molar-refractivity contribution is 5.64. The van der Waals surface area contributed by atoms with E-state index in [0.29, 0.717) is 5.56 Å². The summed E-state index contributed by atoms with van der Waals surface area (Å²) in [6.45, 7) is 3.97. The van der Waals surface area contributed by atoms with Crippen LogP contribution < -0.4 is 0 Å². The summed E-state index contributed by atoms with van der Waals surface area (Å²) in [4.78, 5) is 0. The maximum absolute atomic E-state index is 12.5. The zero-order chi connectivity index (χ0) is 14.2. The van der Waals surface area contributed by atoms with Crippen molar-refractivity contribution < 1.29 is 13.2 Å². The number of nitrogens with zero attached hydrogens (tertiary/aromatic N) is 2. The van der Waals surface area contributed by atoms with Crippen molar-refractivity contribution in [3.63, 3.8) is 0 Å². The number of halogens is 3. The number of aromatic nitrogens is 2. The topological polar surface area (TPSA) is 17.8 Å². The molecule has 0 atom stereocenters. The van der Waals surface area contributed by atoms with Crippen molar-refractivity contribution in [1.29, 1.82) is 0 Å². The van der Waals surface area contributed by atoms with Crippen molar-refractivity contribution in [2.45, 2.75) is 26.4 Å². The molecule has 0 bridgehead atoms. The predicted octanol–water partition coefficient (Wildman–Crippen LogP) is 3.98. The van der Waals surface area contributed by atoms with Gasteiger partial charge in [0.1, 0.15) is 0 Å². The molecular weight excluding hydrogens is 253 g/mol. The van der Waals surface area contributed by atoms with E-state index in [9.17, 15) is 13.2 Å². The van der Waals surface area contributed by atoms with Crippen LogP contribution in [-0.4, -0.2) is 9.78 Å². The van der Waals surface area contributed by atoms with E-state index in [0.717, 1.165) is 35.5 Å². The zero-order valence-electron chi connectivity index (χ0n) is 11.0. The van der Waals surface area contributed by atoms with Gasteiger partial charge in [0.05, 0.1) is 11.3 Å². The molecule has 2 rings (SSSR count). The Labute approximate surface area is 109 Å². The first-order chi connectivity index (χ1) is 8.84. The van der Waals surface area contributed by atoms with Crippen LogP contribution >= 0.6 is 0 Å². The van der Waals surface area contributed by atoms with Crippen LogP contribution in [0.25, 0.3) is 11.3 Å². The minimum absolute atomic E-state index is 0.638. The SMILES string of the molecule is CCc1c(C)c(-c2ccc(C(F)(F)F)cc2)nn1C. The van der Waals surface area contributed by atoms with Gasteiger partial charge in [0.15, 0.2) is 0 Å². The monoisotopic (exact) mass is 268 g/mol. The maximum Gasteiger partial charge on any atom is 0.416 e. The third-order valence-electron chi connectivity index (χ3n) is 3.25. The van der Waals surface area contributed by atoms with E-state index in [1.165, 1.54) is 12.1 Å². The van der Waals surface area contributed by atoms with Gasteiger partial charge in [-0.15, -0.1) is 0 Å². The maximum atomic E-state index is 12.5. The Morgan fingerprint density at radius 2 is 1.74 bits per heavy atom. The number of hydrogen-bond acceptors (Lipinski definition) is 1. The Morgan fingerprint density at radius 1 is 1.16 bits per heavy atom. The Balaban J connectivity index is 2.43. The second-order valence-electron chi connectivity index (χ2n) is 4.47. The smallest absolute Gasteiger partial charge is 0.272 e. The Bertz CT molecular complexity index is 580. The highest BCUT2D eigenvalue weighted by Crippen LogP contribution is 2.31. The number of alkyl halides is 3. The molecule has 0 radical (unpaired) electrons. The predicted molar refractivity (Wildman–Crippen MR) is 67.8 cm³/mol. The molecule has 1 aromatic heterocycles. The molecule has 1 aromatic carbocycles. The quantitative estimate of drug-likeness (QED) is 0.805. The van der Waals surface area contributed by atoms with Gasteiger partial charge in [-0.1, -0.05) is 19.1 Å².